The highest BCUT2D eigenvalue weighted by Crippen LogP contribution is 2.15. The molecule has 1 aliphatic rings. The molecule has 1 aliphatic heterocycles. The molecular formula is C12H17N3O2. The molecule has 5 nitrogen and oxygen atoms in total. The van der Waals surface area contributed by atoms with E-state index in [4.69, 9.17) is 0 Å². The van der Waals surface area contributed by atoms with Crippen molar-refractivity contribution in [2.45, 2.75) is 33.2 Å². The van der Waals surface area contributed by atoms with Crippen molar-refractivity contribution in [2.24, 2.45) is 0 Å². The van der Waals surface area contributed by atoms with Crippen molar-refractivity contribution in [2.75, 3.05) is 12.0 Å². The van der Waals surface area contributed by atoms with Crippen LogP contribution in [-0.2, 0) is 9.59 Å². The lowest BCUT2D eigenvalue weighted by molar-refractivity contribution is -0.138. The van der Waals surface area contributed by atoms with Gasteiger partial charge in [-0.2, -0.15) is 0 Å². The molecule has 1 atom stereocenters. The van der Waals surface area contributed by atoms with Gasteiger partial charge in [0.2, 0.25) is 5.91 Å². The molecule has 5 heteroatoms. The van der Waals surface area contributed by atoms with Crippen LogP contribution in [-0.4, -0.2) is 34.0 Å². The van der Waals surface area contributed by atoms with Crippen LogP contribution in [0.25, 0.3) is 0 Å². The number of aromatic nitrogens is 1. The van der Waals surface area contributed by atoms with Crippen LogP contribution in [0.15, 0.2) is 12.1 Å². The first-order valence-corrected chi connectivity index (χ1v) is 5.80. The molecule has 1 fully saturated rings. The van der Waals surface area contributed by atoms with Gasteiger partial charge in [-0.25, -0.2) is 0 Å². The third kappa shape index (κ3) is 1.92. The van der Waals surface area contributed by atoms with Crippen LogP contribution in [0.5, 0.6) is 0 Å². The van der Waals surface area contributed by atoms with Crippen molar-refractivity contribution in [3.8, 4) is 0 Å². The van der Waals surface area contributed by atoms with E-state index in [1.54, 1.807) is 0 Å². The maximum absolute atomic E-state index is 11.9. The molecule has 1 aromatic rings. The molecular weight excluding hydrogens is 218 g/mol. The SMILES string of the molecule is CCN1C(=O)CC(Nn2c(C)ccc2C)C1=O. The molecule has 0 saturated carbocycles. The van der Waals surface area contributed by atoms with E-state index in [9.17, 15) is 9.59 Å². The van der Waals surface area contributed by atoms with Crippen LogP contribution in [0.3, 0.4) is 0 Å². The Morgan fingerprint density at radius 2 is 1.88 bits per heavy atom. The minimum atomic E-state index is -0.438. The summed E-state index contributed by atoms with van der Waals surface area (Å²) in [5, 5.41) is 0. The highest BCUT2D eigenvalue weighted by molar-refractivity contribution is 6.06. The molecule has 92 valence electrons. The summed E-state index contributed by atoms with van der Waals surface area (Å²) >= 11 is 0. The number of imide groups is 1. The van der Waals surface area contributed by atoms with Crippen molar-refractivity contribution in [1.29, 1.82) is 0 Å². The Kier molecular flexibility index (Phi) is 2.92. The fraction of sp³-hybridized carbons (Fsp3) is 0.500. The molecule has 0 spiro atoms. The first-order valence-electron chi connectivity index (χ1n) is 5.80. The summed E-state index contributed by atoms with van der Waals surface area (Å²) in [5.74, 6) is -0.234. The Hall–Kier alpha value is -1.78. The Morgan fingerprint density at radius 3 is 2.35 bits per heavy atom. The lowest BCUT2D eigenvalue weighted by Gasteiger charge is -2.17. The zero-order valence-electron chi connectivity index (χ0n) is 10.4. The van der Waals surface area contributed by atoms with E-state index in [0.29, 0.717) is 6.54 Å². The van der Waals surface area contributed by atoms with Crippen molar-refractivity contribution in [3.63, 3.8) is 0 Å². The van der Waals surface area contributed by atoms with Gasteiger partial charge in [-0.05, 0) is 32.9 Å². The van der Waals surface area contributed by atoms with Crippen molar-refractivity contribution >= 4 is 11.8 Å². The van der Waals surface area contributed by atoms with E-state index in [0.717, 1.165) is 11.4 Å². The molecule has 17 heavy (non-hydrogen) atoms. The number of nitrogens with zero attached hydrogens (tertiary/aromatic N) is 2. The largest absolute Gasteiger partial charge is 0.313 e. The van der Waals surface area contributed by atoms with Crippen molar-refractivity contribution in [3.05, 3.63) is 23.5 Å². The number of nitrogens with one attached hydrogen (secondary N) is 1. The van der Waals surface area contributed by atoms with Gasteiger partial charge < -0.3 is 5.43 Å². The minimum absolute atomic E-state index is 0.0996. The smallest absolute Gasteiger partial charge is 0.253 e. The molecule has 0 aliphatic carbocycles. The van der Waals surface area contributed by atoms with Crippen LogP contribution in [0.2, 0.25) is 0 Å². The van der Waals surface area contributed by atoms with Gasteiger partial charge in [0.25, 0.3) is 5.91 Å². The van der Waals surface area contributed by atoms with Crippen molar-refractivity contribution < 1.29 is 9.59 Å². The van der Waals surface area contributed by atoms with Crippen LogP contribution in [0.4, 0.5) is 0 Å². The second kappa shape index (κ2) is 4.24. The standard InChI is InChI=1S/C12H17N3O2/c1-4-14-11(16)7-10(12(14)17)13-15-8(2)5-6-9(15)3/h5-6,10,13H,4,7H2,1-3H3. The van der Waals surface area contributed by atoms with E-state index in [-0.39, 0.29) is 18.2 Å². The van der Waals surface area contributed by atoms with Crippen LogP contribution >= 0.6 is 0 Å². The predicted octanol–water partition coefficient (Wildman–Crippen LogP) is 0.796. The second-order valence-electron chi connectivity index (χ2n) is 4.31. The number of hydrogen-bond donors (Lipinski definition) is 1. The van der Waals surface area contributed by atoms with E-state index in [2.05, 4.69) is 5.43 Å². The highest BCUT2D eigenvalue weighted by atomic mass is 16.2. The molecule has 1 unspecified atom stereocenters. The lowest BCUT2D eigenvalue weighted by Crippen LogP contribution is -2.38. The maximum Gasteiger partial charge on any atom is 0.253 e. The van der Waals surface area contributed by atoms with Gasteiger partial charge >= 0.3 is 0 Å². The molecule has 0 radical (unpaired) electrons. The molecule has 0 bridgehead atoms. The number of rotatable bonds is 3. The highest BCUT2D eigenvalue weighted by Gasteiger charge is 2.37. The molecule has 1 saturated heterocycles. The number of likely N-dealkylation sites (tertiary alicyclic amines) is 1. The normalized spacial score (nSPS) is 20.2. The summed E-state index contributed by atoms with van der Waals surface area (Å²) < 4.78 is 1.86. The second-order valence-corrected chi connectivity index (χ2v) is 4.31. The molecule has 2 rings (SSSR count). The minimum Gasteiger partial charge on any atom is -0.313 e. The summed E-state index contributed by atoms with van der Waals surface area (Å²) in [5.41, 5.74) is 5.16. The van der Waals surface area contributed by atoms with E-state index in [1.165, 1.54) is 4.90 Å². The number of likely N-dealkylation sites (N-methyl/N-ethyl adjacent to an activating group) is 1. The topological polar surface area (TPSA) is 54.3 Å². The molecule has 1 aromatic heterocycles. The van der Waals surface area contributed by atoms with Gasteiger partial charge in [0.15, 0.2) is 0 Å². The van der Waals surface area contributed by atoms with Gasteiger partial charge in [-0.3, -0.25) is 19.2 Å². The van der Waals surface area contributed by atoms with Crippen LogP contribution in [0.1, 0.15) is 24.7 Å². The van der Waals surface area contributed by atoms with E-state index >= 15 is 0 Å². The molecule has 2 heterocycles. The van der Waals surface area contributed by atoms with Gasteiger partial charge in [-0.1, -0.05) is 0 Å². The lowest BCUT2D eigenvalue weighted by atomic mass is 10.3. The fourth-order valence-electron chi connectivity index (χ4n) is 2.14. The zero-order valence-corrected chi connectivity index (χ0v) is 10.4. The number of amides is 2. The fourth-order valence-corrected chi connectivity index (χ4v) is 2.14. The number of aryl methyl sites for hydroxylation is 2. The van der Waals surface area contributed by atoms with E-state index < -0.39 is 6.04 Å². The third-order valence-electron chi connectivity index (χ3n) is 3.12. The van der Waals surface area contributed by atoms with Gasteiger partial charge in [0, 0.05) is 17.9 Å². The van der Waals surface area contributed by atoms with Crippen LogP contribution < -0.4 is 5.43 Å². The summed E-state index contributed by atoms with van der Waals surface area (Å²) in [7, 11) is 0. The Morgan fingerprint density at radius 1 is 1.29 bits per heavy atom. The number of carbonyl (C=O) groups excluding carboxylic acids is 2. The summed E-state index contributed by atoms with van der Waals surface area (Å²) in [6.07, 6.45) is 0.240. The number of hydrogen-bond acceptors (Lipinski definition) is 3. The maximum atomic E-state index is 11.9. The average molecular weight is 235 g/mol. The van der Waals surface area contributed by atoms with Gasteiger partial charge in [0.1, 0.15) is 6.04 Å². The van der Waals surface area contributed by atoms with Crippen LogP contribution in [0, 0.1) is 13.8 Å². The Balaban J connectivity index is 2.16. The molecule has 0 aromatic carbocycles. The molecule has 2 amide bonds. The summed E-state index contributed by atoms with van der Waals surface area (Å²) in [6, 6.07) is 3.51. The average Bonchev–Trinajstić information content (AvgIpc) is 2.73. The van der Waals surface area contributed by atoms with Gasteiger partial charge in [-0.15, -0.1) is 0 Å². The van der Waals surface area contributed by atoms with E-state index in [1.807, 2.05) is 37.6 Å². The quantitative estimate of drug-likeness (QED) is 0.788. The Labute approximate surface area is 100 Å². The van der Waals surface area contributed by atoms with Gasteiger partial charge in [0.05, 0.1) is 6.42 Å². The first-order chi connectivity index (χ1) is 8.04. The monoisotopic (exact) mass is 235 g/mol. The Bertz CT molecular complexity index is 445. The number of carbonyl (C=O) groups is 2. The predicted molar refractivity (Wildman–Crippen MR) is 64.1 cm³/mol. The third-order valence-corrected chi connectivity index (χ3v) is 3.12. The zero-order chi connectivity index (χ0) is 12.6. The first kappa shape index (κ1) is 11.7. The summed E-state index contributed by atoms with van der Waals surface area (Å²) in [6.45, 7) is 6.17. The summed E-state index contributed by atoms with van der Waals surface area (Å²) in [4.78, 5) is 24.8. The molecule has 1 N–H and O–H groups in total. The van der Waals surface area contributed by atoms with Crippen molar-refractivity contribution in [1.82, 2.24) is 9.58 Å².